The lowest BCUT2D eigenvalue weighted by atomic mass is 9.86. The smallest absolute Gasteiger partial charge is 0.343 e. The summed E-state index contributed by atoms with van der Waals surface area (Å²) in [7, 11) is 0. The van der Waals surface area contributed by atoms with E-state index in [-0.39, 0.29) is 18.6 Å². The van der Waals surface area contributed by atoms with Gasteiger partial charge in [-0.15, -0.1) is 0 Å². The predicted octanol–water partition coefficient (Wildman–Crippen LogP) is 3.53. The lowest BCUT2D eigenvalue weighted by molar-refractivity contribution is -0.172. The molecule has 0 aliphatic carbocycles. The molecule has 4 heterocycles. The Labute approximate surface area is 200 Å². The third kappa shape index (κ3) is 3.18. The Morgan fingerprint density at radius 3 is 2.71 bits per heavy atom. The number of pyridine rings is 2. The van der Waals surface area contributed by atoms with Crippen molar-refractivity contribution in [2.75, 3.05) is 5.43 Å². The molecule has 4 aromatic rings. The van der Waals surface area contributed by atoms with Crippen molar-refractivity contribution in [1.29, 1.82) is 0 Å². The molecule has 6 rings (SSSR count). The third-order valence-electron chi connectivity index (χ3n) is 6.80. The van der Waals surface area contributed by atoms with Crippen LogP contribution >= 0.6 is 0 Å². The second kappa shape index (κ2) is 7.89. The first-order valence-corrected chi connectivity index (χ1v) is 11.4. The van der Waals surface area contributed by atoms with Crippen LogP contribution in [-0.4, -0.2) is 26.8 Å². The summed E-state index contributed by atoms with van der Waals surface area (Å²) in [5.74, 6) is -0.735. The second-order valence-electron chi connectivity index (χ2n) is 8.71. The van der Waals surface area contributed by atoms with Gasteiger partial charge in [0.1, 0.15) is 6.61 Å². The van der Waals surface area contributed by atoms with Gasteiger partial charge in [-0.1, -0.05) is 43.3 Å². The normalized spacial score (nSPS) is 18.3. The summed E-state index contributed by atoms with van der Waals surface area (Å²) in [6, 6.07) is 19.1. The highest BCUT2D eigenvalue weighted by Crippen LogP contribution is 2.39. The van der Waals surface area contributed by atoms with Gasteiger partial charge in [0.15, 0.2) is 5.60 Å². The quantitative estimate of drug-likeness (QED) is 0.239. The fourth-order valence-corrected chi connectivity index (χ4v) is 4.89. The number of cyclic esters (lactones) is 1. The van der Waals surface area contributed by atoms with Crippen LogP contribution in [0, 0.1) is 0 Å². The molecule has 2 aliphatic heterocycles. The minimum Gasteiger partial charge on any atom is -0.458 e. The molecule has 0 spiro atoms. The predicted molar refractivity (Wildman–Crippen MR) is 132 cm³/mol. The SMILES string of the molecule is CC[C@@]1(O)C(=O)OCc2c1cc1n(c2=O)Cc2c-1nc1ccccc1c2C=NNc1ccccc1. The molecule has 0 fully saturated rings. The van der Waals surface area contributed by atoms with Crippen molar-refractivity contribution in [3.8, 4) is 11.4 Å². The van der Waals surface area contributed by atoms with E-state index >= 15 is 0 Å². The van der Waals surface area contributed by atoms with Crippen molar-refractivity contribution >= 4 is 28.8 Å². The van der Waals surface area contributed by atoms with Crippen LogP contribution in [0.3, 0.4) is 0 Å². The Morgan fingerprint density at radius 2 is 1.91 bits per heavy atom. The van der Waals surface area contributed by atoms with Crippen molar-refractivity contribution < 1.29 is 14.6 Å². The molecular weight excluding hydrogens is 444 g/mol. The van der Waals surface area contributed by atoms with Crippen LogP contribution in [0.5, 0.6) is 0 Å². The molecule has 8 nitrogen and oxygen atoms in total. The molecule has 2 N–H and O–H groups in total. The molecule has 1 atom stereocenters. The number of carbonyl (C=O) groups is 1. The maximum atomic E-state index is 13.5. The van der Waals surface area contributed by atoms with Crippen LogP contribution in [0.25, 0.3) is 22.3 Å². The van der Waals surface area contributed by atoms with E-state index in [1.165, 1.54) is 0 Å². The lowest BCUT2D eigenvalue weighted by Crippen LogP contribution is -2.44. The summed E-state index contributed by atoms with van der Waals surface area (Å²) in [6.45, 7) is 1.84. The van der Waals surface area contributed by atoms with E-state index in [9.17, 15) is 14.7 Å². The van der Waals surface area contributed by atoms with Crippen LogP contribution in [0.2, 0.25) is 0 Å². The number of carbonyl (C=O) groups excluding carboxylic acids is 1. The second-order valence-corrected chi connectivity index (χ2v) is 8.71. The zero-order valence-corrected chi connectivity index (χ0v) is 19.0. The van der Waals surface area contributed by atoms with E-state index in [4.69, 9.17) is 9.72 Å². The molecule has 174 valence electrons. The molecule has 0 unspecified atom stereocenters. The van der Waals surface area contributed by atoms with E-state index in [0.29, 0.717) is 29.1 Å². The molecule has 2 aromatic heterocycles. The van der Waals surface area contributed by atoms with Crippen LogP contribution in [0.15, 0.2) is 70.6 Å². The van der Waals surface area contributed by atoms with E-state index in [1.807, 2.05) is 54.6 Å². The molecular formula is C27H22N4O4. The van der Waals surface area contributed by atoms with Crippen LogP contribution < -0.4 is 11.0 Å². The van der Waals surface area contributed by atoms with Crippen LogP contribution in [0.4, 0.5) is 5.69 Å². The van der Waals surface area contributed by atoms with E-state index in [2.05, 4.69) is 10.5 Å². The number of ether oxygens (including phenoxy) is 1. The number of benzene rings is 2. The van der Waals surface area contributed by atoms with Gasteiger partial charge in [0.2, 0.25) is 0 Å². The average Bonchev–Trinajstić information content (AvgIpc) is 3.25. The van der Waals surface area contributed by atoms with Crippen molar-refractivity contribution in [3.05, 3.63) is 93.3 Å². The summed E-state index contributed by atoms with van der Waals surface area (Å²) in [4.78, 5) is 30.8. The largest absolute Gasteiger partial charge is 0.458 e. The molecule has 35 heavy (non-hydrogen) atoms. The number of hydrogen-bond acceptors (Lipinski definition) is 7. The first-order valence-electron chi connectivity index (χ1n) is 11.4. The minimum absolute atomic E-state index is 0.1000. The molecule has 2 aliphatic rings. The van der Waals surface area contributed by atoms with Crippen molar-refractivity contribution in [2.45, 2.75) is 32.1 Å². The van der Waals surface area contributed by atoms with Crippen LogP contribution in [0.1, 0.15) is 35.6 Å². The Hall–Kier alpha value is -4.30. The number of aromatic nitrogens is 2. The molecule has 0 bridgehead atoms. The number of anilines is 1. The summed E-state index contributed by atoms with van der Waals surface area (Å²) in [5.41, 5.74) is 6.04. The Bertz CT molecular complexity index is 1590. The number of esters is 1. The Balaban J connectivity index is 1.54. The maximum absolute atomic E-state index is 13.5. The van der Waals surface area contributed by atoms with Crippen LogP contribution in [-0.2, 0) is 28.3 Å². The van der Waals surface area contributed by atoms with Gasteiger partial charge in [0.05, 0.1) is 40.9 Å². The number of nitrogens with zero attached hydrogens (tertiary/aromatic N) is 3. The van der Waals surface area contributed by atoms with E-state index in [1.54, 1.807) is 23.8 Å². The number of nitrogens with one attached hydrogen (secondary N) is 1. The number of hydrogen-bond donors (Lipinski definition) is 2. The fourth-order valence-electron chi connectivity index (χ4n) is 4.89. The number of fused-ring (bicyclic) bond motifs is 5. The Morgan fingerprint density at radius 1 is 1.14 bits per heavy atom. The minimum atomic E-state index is -1.86. The topological polar surface area (TPSA) is 106 Å². The van der Waals surface area contributed by atoms with Gasteiger partial charge in [-0.05, 0) is 30.7 Å². The first-order chi connectivity index (χ1) is 17.0. The van der Waals surface area contributed by atoms with E-state index < -0.39 is 11.6 Å². The highest BCUT2D eigenvalue weighted by Gasteiger charge is 2.45. The first kappa shape index (κ1) is 21.2. The summed E-state index contributed by atoms with van der Waals surface area (Å²) < 4.78 is 6.79. The molecule has 0 saturated carbocycles. The highest BCUT2D eigenvalue weighted by atomic mass is 16.6. The van der Waals surface area contributed by atoms with Crippen molar-refractivity contribution in [1.82, 2.24) is 9.55 Å². The molecule has 0 saturated heterocycles. The summed E-state index contributed by atoms with van der Waals surface area (Å²) in [6.07, 6.45) is 1.85. The third-order valence-corrected chi connectivity index (χ3v) is 6.80. The van der Waals surface area contributed by atoms with Gasteiger partial charge in [0, 0.05) is 22.1 Å². The van der Waals surface area contributed by atoms with Gasteiger partial charge in [0.25, 0.3) is 5.56 Å². The number of aliphatic hydroxyl groups is 1. The van der Waals surface area contributed by atoms with Gasteiger partial charge in [-0.25, -0.2) is 9.78 Å². The fraction of sp³-hybridized carbons (Fsp3) is 0.185. The molecule has 0 amide bonds. The molecule has 0 radical (unpaired) electrons. The zero-order chi connectivity index (χ0) is 24.2. The highest BCUT2D eigenvalue weighted by molar-refractivity contribution is 6.02. The van der Waals surface area contributed by atoms with Gasteiger partial charge >= 0.3 is 5.97 Å². The number of para-hydroxylation sites is 2. The van der Waals surface area contributed by atoms with Crippen molar-refractivity contribution in [3.63, 3.8) is 0 Å². The van der Waals surface area contributed by atoms with Gasteiger partial charge in [-0.2, -0.15) is 5.10 Å². The van der Waals surface area contributed by atoms with Gasteiger partial charge in [-0.3, -0.25) is 10.2 Å². The summed E-state index contributed by atoms with van der Waals surface area (Å²) >= 11 is 0. The summed E-state index contributed by atoms with van der Waals surface area (Å²) in [5, 5.41) is 16.5. The zero-order valence-electron chi connectivity index (χ0n) is 19.0. The standard InChI is InChI=1S/C27H22N4O4/c1-2-27(34)21-12-23-24-19(14-31(23)25(32)20(21)15-35-26(27)33)18(17-10-6-7-11-22(17)29-24)13-28-30-16-8-4-3-5-9-16/h3-13,30,34H,2,14-15H2,1H3/t27-/m0/s1. The Kier molecular flexibility index (Phi) is 4.79. The molecule has 2 aromatic carbocycles. The lowest BCUT2D eigenvalue weighted by Gasteiger charge is -2.31. The van der Waals surface area contributed by atoms with Gasteiger partial charge < -0.3 is 14.4 Å². The average molecular weight is 466 g/mol. The van der Waals surface area contributed by atoms with Crippen molar-refractivity contribution in [2.24, 2.45) is 5.10 Å². The van der Waals surface area contributed by atoms with E-state index in [0.717, 1.165) is 27.7 Å². The number of rotatable bonds is 4. The maximum Gasteiger partial charge on any atom is 0.343 e. The molecule has 8 heteroatoms. The number of hydrazone groups is 1. The monoisotopic (exact) mass is 466 g/mol.